The minimum absolute atomic E-state index is 0.0560. The molecule has 0 spiro atoms. The van der Waals surface area contributed by atoms with Crippen molar-refractivity contribution in [2.24, 2.45) is 0 Å². The van der Waals surface area contributed by atoms with Crippen molar-refractivity contribution in [3.63, 3.8) is 0 Å². The Morgan fingerprint density at radius 2 is 1.59 bits per heavy atom. The molecule has 1 saturated heterocycles. The maximum atomic E-state index is 13.2. The highest BCUT2D eigenvalue weighted by Gasteiger charge is 2.22. The van der Waals surface area contributed by atoms with Gasteiger partial charge in [-0.25, -0.2) is 13.1 Å². The molecule has 3 aromatic carbocycles. The van der Waals surface area contributed by atoms with Crippen LogP contribution in [-0.2, 0) is 21.3 Å². The fourth-order valence-corrected chi connectivity index (χ4v) is 4.93. The van der Waals surface area contributed by atoms with Gasteiger partial charge < -0.3 is 10.1 Å². The van der Waals surface area contributed by atoms with Crippen molar-refractivity contribution in [2.45, 2.75) is 17.5 Å². The van der Waals surface area contributed by atoms with Crippen LogP contribution in [0.5, 0.6) is 0 Å². The topological polar surface area (TPSA) is 87.7 Å². The monoisotopic (exact) mass is 479 g/mol. The normalized spacial score (nSPS) is 15.5. The van der Waals surface area contributed by atoms with E-state index in [1.807, 2.05) is 60.7 Å². The van der Waals surface area contributed by atoms with E-state index in [1.54, 1.807) is 12.1 Å². The molecule has 1 amide bonds. The van der Waals surface area contributed by atoms with Crippen LogP contribution in [0.25, 0.3) is 0 Å². The van der Waals surface area contributed by atoms with Gasteiger partial charge in [0.2, 0.25) is 10.0 Å². The molecule has 1 fully saturated rings. The van der Waals surface area contributed by atoms with Crippen molar-refractivity contribution in [3.05, 3.63) is 102 Å². The number of amides is 1. The summed E-state index contributed by atoms with van der Waals surface area (Å²) < 4.78 is 33.7. The lowest BCUT2D eigenvalue weighted by atomic mass is 10.1. The van der Waals surface area contributed by atoms with E-state index < -0.39 is 10.0 Å². The van der Waals surface area contributed by atoms with Gasteiger partial charge in [0.25, 0.3) is 5.91 Å². The Labute approximate surface area is 200 Å². The Morgan fingerprint density at radius 3 is 2.29 bits per heavy atom. The highest BCUT2D eigenvalue weighted by Crippen LogP contribution is 2.18. The van der Waals surface area contributed by atoms with Crippen LogP contribution in [0, 0.1) is 0 Å². The molecule has 0 bridgehead atoms. The van der Waals surface area contributed by atoms with Gasteiger partial charge in [0.1, 0.15) is 0 Å². The molecule has 8 heteroatoms. The Morgan fingerprint density at radius 1 is 0.912 bits per heavy atom. The fourth-order valence-electron chi connectivity index (χ4n) is 3.87. The Bertz CT molecular complexity index is 1180. The summed E-state index contributed by atoms with van der Waals surface area (Å²) in [6.45, 7) is 3.78. The number of carbonyl (C=O) groups excluding carboxylic acids is 1. The summed E-state index contributed by atoms with van der Waals surface area (Å²) in [6.07, 6.45) is 0. The molecule has 1 unspecified atom stereocenters. The second-order valence-corrected chi connectivity index (χ2v) is 9.95. The molecule has 34 heavy (non-hydrogen) atoms. The molecule has 2 N–H and O–H groups in total. The highest BCUT2D eigenvalue weighted by atomic mass is 32.2. The number of rotatable bonds is 9. The number of sulfonamides is 1. The summed E-state index contributed by atoms with van der Waals surface area (Å²) in [5.41, 5.74) is 2.15. The number of hydrogen-bond acceptors (Lipinski definition) is 5. The average molecular weight is 480 g/mol. The van der Waals surface area contributed by atoms with Gasteiger partial charge in [-0.05, 0) is 29.3 Å². The van der Waals surface area contributed by atoms with E-state index in [0.29, 0.717) is 25.3 Å². The maximum absolute atomic E-state index is 13.2. The molecule has 3 aromatic rings. The van der Waals surface area contributed by atoms with Crippen molar-refractivity contribution >= 4 is 15.9 Å². The fraction of sp³-hybridized carbons (Fsp3) is 0.269. The number of nitrogens with one attached hydrogen (secondary N) is 2. The van der Waals surface area contributed by atoms with Crippen LogP contribution in [-0.4, -0.2) is 52.1 Å². The van der Waals surface area contributed by atoms with Gasteiger partial charge in [-0.2, -0.15) is 0 Å². The van der Waals surface area contributed by atoms with Gasteiger partial charge >= 0.3 is 0 Å². The van der Waals surface area contributed by atoms with Crippen molar-refractivity contribution < 1.29 is 17.9 Å². The van der Waals surface area contributed by atoms with Crippen LogP contribution < -0.4 is 10.0 Å². The maximum Gasteiger partial charge on any atom is 0.251 e. The summed E-state index contributed by atoms with van der Waals surface area (Å²) in [4.78, 5) is 15.5. The van der Waals surface area contributed by atoms with Gasteiger partial charge in [-0.1, -0.05) is 66.7 Å². The van der Waals surface area contributed by atoms with Crippen molar-refractivity contribution in [1.29, 1.82) is 0 Å². The summed E-state index contributed by atoms with van der Waals surface area (Å²) in [5.74, 6) is -0.317. The summed E-state index contributed by atoms with van der Waals surface area (Å²) in [7, 11) is -3.77. The Hall–Kier alpha value is -3.04. The molecule has 0 aliphatic carbocycles. The summed E-state index contributed by atoms with van der Waals surface area (Å²) in [5, 5.41) is 3.10. The van der Waals surface area contributed by atoms with Gasteiger partial charge in [0.05, 0.1) is 24.2 Å². The van der Waals surface area contributed by atoms with Crippen LogP contribution in [0.3, 0.4) is 0 Å². The average Bonchev–Trinajstić information content (AvgIpc) is 2.89. The van der Waals surface area contributed by atoms with Gasteiger partial charge in [-0.3, -0.25) is 9.69 Å². The molecule has 1 aliphatic rings. The molecular weight excluding hydrogens is 450 g/mol. The molecule has 4 rings (SSSR count). The molecule has 0 saturated carbocycles. The van der Waals surface area contributed by atoms with E-state index in [0.717, 1.165) is 24.2 Å². The zero-order chi connectivity index (χ0) is 23.8. The lowest BCUT2D eigenvalue weighted by Crippen LogP contribution is -2.43. The largest absolute Gasteiger partial charge is 0.379 e. The number of hydrogen-bond donors (Lipinski definition) is 2. The van der Waals surface area contributed by atoms with Crippen molar-refractivity contribution in [3.8, 4) is 0 Å². The molecule has 1 atom stereocenters. The van der Waals surface area contributed by atoms with E-state index in [9.17, 15) is 13.2 Å². The third-order valence-electron chi connectivity index (χ3n) is 5.77. The lowest BCUT2D eigenvalue weighted by molar-refractivity contribution is 0.0332. The molecule has 7 nitrogen and oxygen atoms in total. The summed E-state index contributed by atoms with van der Waals surface area (Å²) >= 11 is 0. The molecule has 1 aliphatic heterocycles. The quantitative estimate of drug-likeness (QED) is 0.493. The molecule has 178 valence electrons. The van der Waals surface area contributed by atoms with Gasteiger partial charge in [0, 0.05) is 31.7 Å². The first-order valence-corrected chi connectivity index (χ1v) is 12.8. The number of ether oxygens (including phenoxy) is 1. The van der Waals surface area contributed by atoms with Crippen LogP contribution in [0.1, 0.15) is 27.5 Å². The minimum atomic E-state index is -3.77. The van der Waals surface area contributed by atoms with Gasteiger partial charge in [0.15, 0.2) is 0 Å². The third kappa shape index (κ3) is 6.51. The molecule has 1 heterocycles. The van der Waals surface area contributed by atoms with E-state index in [1.165, 1.54) is 12.1 Å². The number of carbonyl (C=O) groups is 1. The van der Waals surface area contributed by atoms with E-state index in [4.69, 9.17) is 4.74 Å². The first kappa shape index (κ1) is 24.1. The zero-order valence-electron chi connectivity index (χ0n) is 18.9. The van der Waals surface area contributed by atoms with Crippen molar-refractivity contribution in [1.82, 2.24) is 14.9 Å². The first-order chi connectivity index (χ1) is 16.5. The van der Waals surface area contributed by atoms with Gasteiger partial charge in [-0.15, -0.1) is 0 Å². The van der Waals surface area contributed by atoms with Crippen LogP contribution in [0.4, 0.5) is 0 Å². The van der Waals surface area contributed by atoms with E-state index in [-0.39, 0.29) is 23.4 Å². The predicted octanol–water partition coefficient (Wildman–Crippen LogP) is 2.97. The minimum Gasteiger partial charge on any atom is -0.379 e. The number of morpholine rings is 1. The Balaban J connectivity index is 1.48. The van der Waals surface area contributed by atoms with E-state index >= 15 is 0 Å². The second-order valence-electron chi connectivity index (χ2n) is 8.19. The SMILES string of the molecule is O=C(NC(CN1CCOCC1)c1ccccc1)c1cccc(S(=O)(=O)NCc2ccccc2)c1. The van der Waals surface area contributed by atoms with Crippen LogP contribution in [0.15, 0.2) is 89.8 Å². The molecule has 0 aromatic heterocycles. The van der Waals surface area contributed by atoms with Crippen LogP contribution in [0.2, 0.25) is 0 Å². The number of benzene rings is 3. The lowest BCUT2D eigenvalue weighted by Gasteiger charge is -2.31. The Kier molecular flexibility index (Phi) is 8.08. The van der Waals surface area contributed by atoms with Crippen molar-refractivity contribution in [2.75, 3.05) is 32.8 Å². The highest BCUT2D eigenvalue weighted by molar-refractivity contribution is 7.89. The molecule has 0 radical (unpaired) electrons. The smallest absolute Gasteiger partial charge is 0.251 e. The molecular formula is C26H29N3O4S. The predicted molar refractivity (Wildman–Crippen MR) is 131 cm³/mol. The standard InChI is InChI=1S/C26H29N3O4S/c30-26(28-25(22-10-5-2-6-11-22)20-29-14-16-33-17-15-29)23-12-7-13-24(18-23)34(31,32)27-19-21-8-3-1-4-9-21/h1-13,18,25,27H,14-17,19-20H2,(H,28,30). The van der Waals surface area contributed by atoms with Crippen LogP contribution >= 0.6 is 0 Å². The summed E-state index contributed by atoms with van der Waals surface area (Å²) in [6, 6.07) is 25.0. The second kappa shape index (κ2) is 11.4. The zero-order valence-corrected chi connectivity index (χ0v) is 19.7. The first-order valence-electron chi connectivity index (χ1n) is 11.3. The number of nitrogens with zero attached hydrogens (tertiary/aromatic N) is 1. The van der Waals surface area contributed by atoms with E-state index in [2.05, 4.69) is 14.9 Å². The third-order valence-corrected chi connectivity index (χ3v) is 7.17.